The number of benzene rings is 1. The summed E-state index contributed by atoms with van der Waals surface area (Å²) in [5.41, 5.74) is 0.455. The number of hydrogen-bond acceptors (Lipinski definition) is 1. The molecule has 3 heteroatoms. The average Bonchev–Trinajstić information content (AvgIpc) is 2.07. The smallest absolute Gasteiger partial charge is 0.200 e. The molecule has 0 saturated carbocycles. The summed E-state index contributed by atoms with van der Waals surface area (Å²) < 4.78 is 25.2. The third kappa shape index (κ3) is 1.55. The Labute approximate surface area is 69.7 Å². The number of aromatic hydroxyl groups is 1. The summed E-state index contributed by atoms with van der Waals surface area (Å²) in [7, 11) is 0. The van der Waals surface area contributed by atoms with Crippen LogP contribution < -0.4 is 0 Å². The van der Waals surface area contributed by atoms with Crippen molar-refractivity contribution >= 4 is 0 Å². The van der Waals surface area contributed by atoms with Crippen molar-refractivity contribution in [1.29, 1.82) is 0 Å². The second kappa shape index (κ2) is 3.52. The molecular formula is C9H10F2O. The topological polar surface area (TPSA) is 20.2 Å². The van der Waals surface area contributed by atoms with Crippen molar-refractivity contribution in [2.45, 2.75) is 19.8 Å². The number of rotatable bonds is 2. The standard InChI is InChI=1S/C9H10F2O/c1-2-3-6-4-5-7(10)8(11)9(6)12/h4-5,12H,2-3H2,1H3. The lowest BCUT2D eigenvalue weighted by molar-refractivity contribution is 0.401. The third-order valence-corrected chi connectivity index (χ3v) is 1.67. The van der Waals surface area contributed by atoms with Gasteiger partial charge in [-0.25, -0.2) is 4.39 Å². The fraction of sp³-hybridized carbons (Fsp3) is 0.333. The molecule has 0 atom stereocenters. The van der Waals surface area contributed by atoms with Crippen molar-refractivity contribution < 1.29 is 13.9 Å². The van der Waals surface area contributed by atoms with Crippen LogP contribution >= 0.6 is 0 Å². The Bertz CT molecular complexity index is 284. The maximum Gasteiger partial charge on any atom is 0.200 e. The largest absolute Gasteiger partial charge is 0.505 e. The zero-order valence-electron chi connectivity index (χ0n) is 6.77. The molecule has 0 aliphatic rings. The van der Waals surface area contributed by atoms with E-state index < -0.39 is 17.4 Å². The molecule has 0 radical (unpaired) electrons. The molecule has 0 spiro atoms. The highest BCUT2D eigenvalue weighted by Gasteiger charge is 2.10. The fourth-order valence-corrected chi connectivity index (χ4v) is 1.05. The summed E-state index contributed by atoms with van der Waals surface area (Å²) in [6.07, 6.45) is 1.35. The molecule has 0 aliphatic heterocycles. The molecule has 0 bridgehead atoms. The van der Waals surface area contributed by atoms with Gasteiger partial charge in [0.2, 0.25) is 5.82 Å². The zero-order chi connectivity index (χ0) is 9.14. The van der Waals surface area contributed by atoms with E-state index in [0.717, 1.165) is 12.5 Å². The van der Waals surface area contributed by atoms with Gasteiger partial charge in [0.25, 0.3) is 0 Å². The number of halogens is 2. The van der Waals surface area contributed by atoms with Gasteiger partial charge in [-0.3, -0.25) is 0 Å². The van der Waals surface area contributed by atoms with Gasteiger partial charge in [0.05, 0.1) is 0 Å². The molecule has 12 heavy (non-hydrogen) atoms. The van der Waals surface area contributed by atoms with E-state index in [1.54, 1.807) is 0 Å². The predicted octanol–water partition coefficient (Wildman–Crippen LogP) is 2.62. The molecule has 0 fully saturated rings. The van der Waals surface area contributed by atoms with Gasteiger partial charge in [0.15, 0.2) is 11.6 Å². The van der Waals surface area contributed by atoms with E-state index in [1.165, 1.54) is 6.07 Å². The number of hydrogen-bond donors (Lipinski definition) is 1. The molecular weight excluding hydrogens is 162 g/mol. The minimum absolute atomic E-state index is 0.455. The van der Waals surface area contributed by atoms with Crippen LogP contribution in [0.4, 0.5) is 8.78 Å². The van der Waals surface area contributed by atoms with Gasteiger partial charge in [-0.15, -0.1) is 0 Å². The minimum atomic E-state index is -1.15. The normalized spacial score (nSPS) is 10.2. The van der Waals surface area contributed by atoms with E-state index in [2.05, 4.69) is 0 Å². The van der Waals surface area contributed by atoms with Gasteiger partial charge < -0.3 is 5.11 Å². The van der Waals surface area contributed by atoms with Crippen LogP contribution in [0, 0.1) is 11.6 Å². The molecule has 1 nitrogen and oxygen atoms in total. The van der Waals surface area contributed by atoms with E-state index in [4.69, 9.17) is 5.11 Å². The molecule has 1 aromatic rings. The summed E-state index contributed by atoms with van der Waals surface area (Å²) >= 11 is 0. The Morgan fingerprint density at radius 1 is 1.33 bits per heavy atom. The van der Waals surface area contributed by atoms with Crippen LogP contribution in [0.25, 0.3) is 0 Å². The lowest BCUT2D eigenvalue weighted by Gasteiger charge is -2.03. The van der Waals surface area contributed by atoms with Gasteiger partial charge in [0.1, 0.15) is 0 Å². The molecule has 1 aromatic carbocycles. The van der Waals surface area contributed by atoms with Crippen LogP contribution in [-0.2, 0) is 6.42 Å². The monoisotopic (exact) mass is 172 g/mol. The molecule has 0 amide bonds. The average molecular weight is 172 g/mol. The first-order chi connectivity index (χ1) is 5.66. The van der Waals surface area contributed by atoms with Gasteiger partial charge in [0, 0.05) is 0 Å². The summed E-state index contributed by atoms with van der Waals surface area (Å²) in [4.78, 5) is 0. The highest BCUT2D eigenvalue weighted by atomic mass is 19.2. The molecule has 0 saturated heterocycles. The summed E-state index contributed by atoms with van der Waals surface area (Å²) in [6, 6.07) is 2.43. The zero-order valence-corrected chi connectivity index (χ0v) is 6.77. The first kappa shape index (κ1) is 8.97. The van der Waals surface area contributed by atoms with Crippen LogP contribution in [0.2, 0.25) is 0 Å². The Morgan fingerprint density at radius 3 is 2.58 bits per heavy atom. The van der Waals surface area contributed by atoms with Crippen molar-refractivity contribution in [3.63, 3.8) is 0 Å². The fourth-order valence-electron chi connectivity index (χ4n) is 1.05. The first-order valence-electron chi connectivity index (χ1n) is 3.82. The van der Waals surface area contributed by atoms with E-state index in [1.807, 2.05) is 6.92 Å². The van der Waals surface area contributed by atoms with E-state index >= 15 is 0 Å². The minimum Gasteiger partial charge on any atom is -0.505 e. The lowest BCUT2D eigenvalue weighted by atomic mass is 10.1. The van der Waals surface area contributed by atoms with Crippen LogP contribution in [0.3, 0.4) is 0 Å². The van der Waals surface area contributed by atoms with E-state index in [-0.39, 0.29) is 0 Å². The summed E-state index contributed by atoms with van der Waals surface area (Å²) in [6.45, 7) is 1.90. The van der Waals surface area contributed by atoms with Crippen LogP contribution in [0.1, 0.15) is 18.9 Å². The second-order valence-electron chi connectivity index (χ2n) is 2.62. The number of phenolic OH excluding ortho intramolecular Hbond substituents is 1. The molecule has 0 aromatic heterocycles. The molecule has 66 valence electrons. The van der Waals surface area contributed by atoms with Crippen LogP contribution in [-0.4, -0.2) is 5.11 Å². The quantitative estimate of drug-likeness (QED) is 0.727. The van der Waals surface area contributed by atoms with Crippen molar-refractivity contribution in [2.24, 2.45) is 0 Å². The Hall–Kier alpha value is -1.12. The predicted molar refractivity (Wildman–Crippen MR) is 42.0 cm³/mol. The summed E-state index contributed by atoms with van der Waals surface area (Å²) in [5.74, 6) is -2.72. The highest BCUT2D eigenvalue weighted by molar-refractivity contribution is 5.34. The molecule has 0 unspecified atom stereocenters. The Balaban J connectivity index is 3.08. The van der Waals surface area contributed by atoms with Gasteiger partial charge in [-0.1, -0.05) is 19.4 Å². The Kier molecular flexibility index (Phi) is 2.63. The SMILES string of the molecule is CCCc1ccc(F)c(F)c1O. The van der Waals surface area contributed by atoms with Crippen LogP contribution in [0.5, 0.6) is 5.75 Å². The van der Waals surface area contributed by atoms with Crippen molar-refractivity contribution in [2.75, 3.05) is 0 Å². The summed E-state index contributed by atoms with van der Waals surface area (Å²) in [5, 5.41) is 9.09. The van der Waals surface area contributed by atoms with Crippen molar-refractivity contribution in [3.05, 3.63) is 29.3 Å². The maximum atomic E-state index is 12.7. The molecule has 0 heterocycles. The molecule has 0 aliphatic carbocycles. The molecule has 1 rings (SSSR count). The number of aryl methyl sites for hydroxylation is 1. The molecule has 1 N–H and O–H groups in total. The third-order valence-electron chi connectivity index (χ3n) is 1.67. The lowest BCUT2D eigenvalue weighted by Crippen LogP contribution is -1.91. The highest BCUT2D eigenvalue weighted by Crippen LogP contribution is 2.24. The van der Waals surface area contributed by atoms with Crippen LogP contribution in [0.15, 0.2) is 12.1 Å². The van der Waals surface area contributed by atoms with Gasteiger partial charge in [-0.05, 0) is 18.1 Å². The first-order valence-corrected chi connectivity index (χ1v) is 3.82. The van der Waals surface area contributed by atoms with Gasteiger partial charge >= 0.3 is 0 Å². The van der Waals surface area contributed by atoms with Crippen molar-refractivity contribution in [3.8, 4) is 5.75 Å². The van der Waals surface area contributed by atoms with Gasteiger partial charge in [-0.2, -0.15) is 4.39 Å². The van der Waals surface area contributed by atoms with E-state index in [9.17, 15) is 8.78 Å². The maximum absolute atomic E-state index is 12.7. The second-order valence-corrected chi connectivity index (χ2v) is 2.62. The Morgan fingerprint density at radius 2 is 2.00 bits per heavy atom. The van der Waals surface area contributed by atoms with E-state index in [0.29, 0.717) is 12.0 Å². The number of phenols is 1. The van der Waals surface area contributed by atoms with Crippen molar-refractivity contribution in [1.82, 2.24) is 0 Å².